The second kappa shape index (κ2) is 14.8. The average molecular weight is 824 g/mol. The number of pyridine rings is 1. The van der Waals surface area contributed by atoms with Gasteiger partial charge < -0.3 is 4.98 Å². The number of para-hydroxylation sites is 4. The van der Waals surface area contributed by atoms with Gasteiger partial charge >= 0.3 is 0 Å². The van der Waals surface area contributed by atoms with E-state index in [0.29, 0.717) is 0 Å². The average Bonchev–Trinajstić information content (AvgIpc) is 4.02. The molecule has 4 heterocycles. The van der Waals surface area contributed by atoms with Crippen molar-refractivity contribution < 1.29 is 0 Å². The highest BCUT2D eigenvalue weighted by atomic mass is 15.1. The third-order valence-electron chi connectivity index (χ3n) is 13.2. The van der Waals surface area contributed by atoms with Crippen molar-refractivity contribution in [3.05, 3.63) is 205 Å². The van der Waals surface area contributed by atoms with E-state index in [1.54, 1.807) is 0 Å². The van der Waals surface area contributed by atoms with E-state index in [1.165, 1.54) is 54.9 Å². The zero-order valence-electron chi connectivity index (χ0n) is 36.3. The number of aryl methyl sites for hydroxylation is 2. The van der Waals surface area contributed by atoms with E-state index in [4.69, 9.17) is 9.97 Å². The van der Waals surface area contributed by atoms with Crippen LogP contribution in [0.2, 0.25) is 0 Å². The van der Waals surface area contributed by atoms with Gasteiger partial charge in [0, 0.05) is 50.1 Å². The highest BCUT2D eigenvalue weighted by Crippen LogP contribution is 2.44. The first-order valence-electron chi connectivity index (χ1n) is 22.2. The van der Waals surface area contributed by atoms with Crippen LogP contribution in [0.3, 0.4) is 0 Å². The Hall–Kier alpha value is -8.02. The van der Waals surface area contributed by atoms with E-state index < -0.39 is 0 Å². The van der Waals surface area contributed by atoms with Crippen molar-refractivity contribution in [1.29, 1.82) is 0 Å². The molecule has 0 amide bonds. The molecule has 0 fully saturated rings. The lowest BCUT2D eigenvalue weighted by molar-refractivity contribution is 0.868. The van der Waals surface area contributed by atoms with Crippen molar-refractivity contribution in [2.75, 3.05) is 0 Å². The first kappa shape index (κ1) is 37.7. The van der Waals surface area contributed by atoms with Crippen LogP contribution in [0.25, 0.3) is 111 Å². The maximum atomic E-state index is 5.63. The van der Waals surface area contributed by atoms with Crippen LogP contribution >= 0.6 is 0 Å². The summed E-state index contributed by atoms with van der Waals surface area (Å²) in [6, 6.07) is 65.6. The topological polar surface area (TPSA) is 51.4 Å². The van der Waals surface area contributed by atoms with Crippen molar-refractivity contribution >= 4 is 54.6 Å². The molecular weight excluding hydrogens is 779 g/mol. The summed E-state index contributed by atoms with van der Waals surface area (Å²) < 4.78 is 4.73. The van der Waals surface area contributed by atoms with E-state index in [-0.39, 0.29) is 5.92 Å². The minimum absolute atomic E-state index is 0.252. The standard InChI is InChI=1S/C59H45N5/c1-36(2)49-32-42(55-37(3)16-13-17-38(55)4)33-50-46-29-28-41(34-53(46)64(58(49)50)54-35-40(30-31-60-54)39-18-7-5-8-19-39)44-23-15-27-52-57(44)62-59(63(52)43-20-9-6-10-21-43)48-25-14-24-47-45-22-11-12-26-51(45)61-56(47)48/h5-36,61H,1-4H3. The number of aromatic nitrogens is 5. The molecule has 0 aliphatic rings. The molecule has 0 saturated heterocycles. The predicted octanol–water partition coefficient (Wildman–Crippen LogP) is 15.6. The smallest absolute Gasteiger partial charge is 0.147 e. The quantitative estimate of drug-likeness (QED) is 0.174. The Morgan fingerprint density at radius 1 is 0.500 bits per heavy atom. The Kier molecular flexibility index (Phi) is 8.73. The van der Waals surface area contributed by atoms with E-state index in [1.807, 2.05) is 6.20 Å². The Labute approximate surface area is 371 Å². The van der Waals surface area contributed by atoms with Crippen LogP contribution in [0.15, 0.2) is 188 Å². The second-order valence-electron chi connectivity index (χ2n) is 17.4. The molecule has 12 rings (SSSR count). The number of hydrogen-bond donors (Lipinski definition) is 1. The number of rotatable bonds is 7. The fourth-order valence-corrected chi connectivity index (χ4v) is 10.2. The Morgan fingerprint density at radius 2 is 1.22 bits per heavy atom. The first-order valence-corrected chi connectivity index (χ1v) is 22.2. The number of nitrogens with zero attached hydrogens (tertiary/aromatic N) is 4. The summed E-state index contributed by atoms with van der Waals surface area (Å²) in [5, 5.41) is 4.80. The monoisotopic (exact) mass is 823 g/mol. The van der Waals surface area contributed by atoms with Crippen molar-refractivity contribution in [3.63, 3.8) is 0 Å². The van der Waals surface area contributed by atoms with Gasteiger partial charge in [-0.3, -0.25) is 9.13 Å². The molecule has 4 aromatic heterocycles. The molecule has 12 aromatic rings. The van der Waals surface area contributed by atoms with Gasteiger partial charge in [-0.15, -0.1) is 0 Å². The van der Waals surface area contributed by atoms with E-state index in [2.05, 4.69) is 224 Å². The third kappa shape index (κ3) is 5.92. The van der Waals surface area contributed by atoms with Gasteiger partial charge in [0.1, 0.15) is 11.6 Å². The SMILES string of the molecule is Cc1cccc(C)c1-c1cc(C(C)C)c2c(c1)c1ccc(-c3cccc4c3nc(-c3cccc5c3[nH]c3ccccc35)n4-c3ccccc3)cc1n2-c1cc(-c2ccccc2)ccn1. The molecule has 64 heavy (non-hydrogen) atoms. The predicted molar refractivity (Wildman–Crippen MR) is 268 cm³/mol. The molecule has 0 atom stereocenters. The van der Waals surface area contributed by atoms with Crippen molar-refractivity contribution in [2.45, 2.75) is 33.6 Å². The van der Waals surface area contributed by atoms with Crippen LogP contribution in [-0.2, 0) is 0 Å². The molecule has 0 radical (unpaired) electrons. The van der Waals surface area contributed by atoms with Crippen LogP contribution in [0.5, 0.6) is 0 Å². The number of benzene rings is 8. The largest absolute Gasteiger partial charge is 0.354 e. The van der Waals surface area contributed by atoms with E-state index >= 15 is 0 Å². The zero-order valence-corrected chi connectivity index (χ0v) is 36.3. The molecule has 0 aliphatic carbocycles. The summed E-state index contributed by atoms with van der Waals surface area (Å²) in [4.78, 5) is 14.5. The molecular formula is C59H45N5. The van der Waals surface area contributed by atoms with Gasteiger partial charge in [0.15, 0.2) is 0 Å². The summed E-state index contributed by atoms with van der Waals surface area (Å²) in [7, 11) is 0. The molecule has 8 aromatic carbocycles. The van der Waals surface area contributed by atoms with E-state index in [0.717, 1.165) is 72.7 Å². The molecule has 0 bridgehead atoms. The second-order valence-corrected chi connectivity index (χ2v) is 17.4. The molecule has 1 N–H and O–H groups in total. The lowest BCUT2D eigenvalue weighted by atomic mass is 9.90. The minimum atomic E-state index is 0.252. The van der Waals surface area contributed by atoms with Crippen molar-refractivity contribution in [1.82, 2.24) is 24.1 Å². The number of hydrogen-bond acceptors (Lipinski definition) is 2. The minimum Gasteiger partial charge on any atom is -0.354 e. The number of nitrogens with one attached hydrogen (secondary N) is 1. The summed E-state index contributed by atoms with van der Waals surface area (Å²) in [6.07, 6.45) is 1.95. The number of H-pyrrole nitrogens is 1. The summed E-state index contributed by atoms with van der Waals surface area (Å²) in [6.45, 7) is 9.06. The molecule has 0 unspecified atom stereocenters. The normalized spacial score (nSPS) is 11.9. The van der Waals surface area contributed by atoms with Crippen LogP contribution in [0, 0.1) is 13.8 Å². The maximum Gasteiger partial charge on any atom is 0.147 e. The van der Waals surface area contributed by atoms with E-state index in [9.17, 15) is 0 Å². The van der Waals surface area contributed by atoms with Gasteiger partial charge in [-0.25, -0.2) is 9.97 Å². The zero-order chi connectivity index (χ0) is 43.1. The van der Waals surface area contributed by atoms with Crippen LogP contribution in [0.4, 0.5) is 0 Å². The number of fused-ring (bicyclic) bond motifs is 7. The van der Waals surface area contributed by atoms with Gasteiger partial charge in [-0.1, -0.05) is 135 Å². The van der Waals surface area contributed by atoms with Gasteiger partial charge in [0.05, 0.1) is 27.6 Å². The first-order chi connectivity index (χ1) is 31.4. The lowest BCUT2D eigenvalue weighted by Crippen LogP contribution is -2.02. The van der Waals surface area contributed by atoms with Crippen molar-refractivity contribution in [3.8, 4) is 56.3 Å². The molecule has 5 nitrogen and oxygen atoms in total. The summed E-state index contributed by atoms with van der Waals surface area (Å²) in [5.41, 5.74) is 19.4. The highest BCUT2D eigenvalue weighted by molar-refractivity contribution is 6.14. The Morgan fingerprint density at radius 3 is 2.03 bits per heavy atom. The fourth-order valence-electron chi connectivity index (χ4n) is 10.2. The van der Waals surface area contributed by atoms with Crippen molar-refractivity contribution in [2.24, 2.45) is 0 Å². The molecule has 306 valence electrons. The Balaban J connectivity index is 1.14. The van der Waals surface area contributed by atoms with Crippen LogP contribution in [-0.4, -0.2) is 24.1 Å². The molecule has 0 saturated carbocycles. The molecule has 5 heteroatoms. The van der Waals surface area contributed by atoms with Crippen LogP contribution < -0.4 is 0 Å². The summed E-state index contributed by atoms with van der Waals surface area (Å²) in [5.74, 6) is 2.03. The number of imidazole rings is 1. The maximum absolute atomic E-state index is 5.63. The lowest BCUT2D eigenvalue weighted by Gasteiger charge is -2.17. The Bertz CT molecular complexity index is 3750. The fraction of sp³-hybridized carbons (Fsp3) is 0.0847. The highest BCUT2D eigenvalue weighted by Gasteiger charge is 2.24. The third-order valence-corrected chi connectivity index (χ3v) is 13.2. The van der Waals surface area contributed by atoms with Crippen LogP contribution in [0.1, 0.15) is 36.5 Å². The summed E-state index contributed by atoms with van der Waals surface area (Å²) >= 11 is 0. The van der Waals surface area contributed by atoms with Gasteiger partial charge in [-0.05, 0) is 125 Å². The van der Waals surface area contributed by atoms with Gasteiger partial charge in [0.2, 0.25) is 0 Å². The molecule has 0 spiro atoms. The molecule has 0 aliphatic heterocycles. The van der Waals surface area contributed by atoms with Gasteiger partial charge in [0.25, 0.3) is 0 Å². The van der Waals surface area contributed by atoms with Gasteiger partial charge in [-0.2, -0.15) is 0 Å². The number of aromatic amines is 1.